The van der Waals surface area contributed by atoms with E-state index in [2.05, 4.69) is 58.7 Å². The van der Waals surface area contributed by atoms with Crippen LogP contribution >= 0.6 is 0 Å². The summed E-state index contributed by atoms with van der Waals surface area (Å²) in [4.78, 5) is 20.3. The van der Waals surface area contributed by atoms with Crippen LogP contribution in [-0.4, -0.2) is 16.0 Å². The minimum atomic E-state index is -0.207. The second kappa shape index (κ2) is 7.72. The highest BCUT2D eigenvalue weighted by molar-refractivity contribution is 5.74. The van der Waals surface area contributed by atoms with Crippen LogP contribution in [0.5, 0.6) is 0 Å². The largest absolute Gasteiger partial charge is 0.332 e. The van der Waals surface area contributed by atoms with Gasteiger partial charge >= 0.3 is 6.03 Å². The molecule has 0 fully saturated rings. The van der Waals surface area contributed by atoms with Gasteiger partial charge in [-0.15, -0.1) is 0 Å². The number of hydrogen-bond donors (Lipinski definition) is 2. The van der Waals surface area contributed by atoms with Crippen LogP contribution in [0, 0.1) is 6.92 Å². The number of amides is 2. The fraction of sp³-hybridized carbons (Fsp3) is 0.389. The van der Waals surface area contributed by atoms with E-state index in [1.54, 1.807) is 12.3 Å². The fourth-order valence-corrected chi connectivity index (χ4v) is 2.28. The molecule has 0 spiro atoms. The normalized spacial score (nSPS) is 12.0. The lowest BCUT2D eigenvalue weighted by Crippen LogP contribution is -2.36. The third-order valence-corrected chi connectivity index (χ3v) is 3.71. The van der Waals surface area contributed by atoms with Crippen LogP contribution in [0.3, 0.4) is 0 Å². The number of urea groups is 1. The number of aromatic nitrogens is 2. The molecule has 1 aromatic carbocycles. The van der Waals surface area contributed by atoms with Crippen LogP contribution in [0.1, 0.15) is 55.4 Å². The molecule has 2 rings (SSSR count). The Morgan fingerprint density at radius 3 is 2.35 bits per heavy atom. The molecule has 1 unspecified atom stereocenters. The monoisotopic (exact) mass is 312 g/mol. The summed E-state index contributed by atoms with van der Waals surface area (Å²) in [5.74, 6) is 1.20. The molecule has 1 atom stereocenters. The van der Waals surface area contributed by atoms with Crippen LogP contribution in [0.2, 0.25) is 0 Å². The zero-order valence-corrected chi connectivity index (χ0v) is 14.1. The number of benzene rings is 1. The molecule has 0 aliphatic heterocycles. The van der Waals surface area contributed by atoms with Crippen LogP contribution in [0.15, 0.2) is 36.5 Å². The average Bonchev–Trinajstić information content (AvgIpc) is 2.53. The summed E-state index contributed by atoms with van der Waals surface area (Å²) in [5, 5.41) is 5.75. The molecule has 0 aliphatic carbocycles. The molecule has 2 N–H and O–H groups in total. The van der Waals surface area contributed by atoms with Crippen molar-refractivity contribution < 1.29 is 4.79 Å². The predicted molar refractivity (Wildman–Crippen MR) is 91.1 cm³/mol. The third-order valence-electron chi connectivity index (χ3n) is 3.71. The maximum Gasteiger partial charge on any atom is 0.315 e. The van der Waals surface area contributed by atoms with Gasteiger partial charge in [0.25, 0.3) is 0 Å². The molecule has 0 saturated heterocycles. The van der Waals surface area contributed by atoms with Gasteiger partial charge in [0.2, 0.25) is 0 Å². The lowest BCUT2D eigenvalue weighted by atomic mass is 10.00. The molecule has 2 amide bonds. The van der Waals surface area contributed by atoms with Gasteiger partial charge in [0.05, 0.1) is 18.3 Å². The Bertz CT molecular complexity index is 652. The Kier molecular flexibility index (Phi) is 5.68. The molecule has 0 aliphatic rings. The number of hydrogen-bond acceptors (Lipinski definition) is 3. The highest BCUT2D eigenvalue weighted by atomic mass is 16.2. The van der Waals surface area contributed by atoms with Gasteiger partial charge in [-0.05, 0) is 37.0 Å². The Morgan fingerprint density at radius 2 is 1.74 bits per heavy atom. The first-order chi connectivity index (χ1) is 11.0. The maximum atomic E-state index is 12.0. The molecular formula is C18H24N4O. The summed E-state index contributed by atoms with van der Waals surface area (Å²) in [5.41, 5.74) is 3.17. The van der Waals surface area contributed by atoms with Gasteiger partial charge in [-0.25, -0.2) is 14.8 Å². The SMILES string of the molecule is Cc1nccc(CNC(=O)NC(C)c2ccc(C(C)C)cc2)n1. The van der Waals surface area contributed by atoms with Gasteiger partial charge in [0.1, 0.15) is 5.82 Å². The van der Waals surface area contributed by atoms with Crippen molar-refractivity contribution in [1.29, 1.82) is 0 Å². The zero-order valence-electron chi connectivity index (χ0n) is 14.1. The molecule has 122 valence electrons. The number of nitrogens with one attached hydrogen (secondary N) is 2. The van der Waals surface area contributed by atoms with E-state index in [0.717, 1.165) is 11.3 Å². The van der Waals surface area contributed by atoms with E-state index in [-0.39, 0.29) is 12.1 Å². The third kappa shape index (κ3) is 5.06. The lowest BCUT2D eigenvalue weighted by Gasteiger charge is -2.16. The molecule has 0 radical (unpaired) electrons. The van der Waals surface area contributed by atoms with Gasteiger partial charge in [-0.1, -0.05) is 38.1 Å². The predicted octanol–water partition coefficient (Wildman–Crippen LogP) is 3.47. The Morgan fingerprint density at radius 1 is 1.09 bits per heavy atom. The maximum absolute atomic E-state index is 12.0. The average molecular weight is 312 g/mol. The number of carbonyl (C=O) groups excluding carboxylic acids is 1. The quantitative estimate of drug-likeness (QED) is 0.888. The minimum Gasteiger partial charge on any atom is -0.332 e. The van der Waals surface area contributed by atoms with Crippen molar-refractivity contribution in [3.8, 4) is 0 Å². The van der Waals surface area contributed by atoms with Crippen molar-refractivity contribution in [3.05, 3.63) is 59.2 Å². The summed E-state index contributed by atoms with van der Waals surface area (Å²) >= 11 is 0. The van der Waals surface area contributed by atoms with E-state index < -0.39 is 0 Å². The molecule has 5 nitrogen and oxygen atoms in total. The number of rotatable bonds is 5. The first kappa shape index (κ1) is 16.9. The van der Waals surface area contributed by atoms with Crippen molar-refractivity contribution in [2.24, 2.45) is 0 Å². The van der Waals surface area contributed by atoms with Crippen LogP contribution in [0.4, 0.5) is 4.79 Å². The molecule has 5 heteroatoms. The van der Waals surface area contributed by atoms with E-state index in [9.17, 15) is 4.79 Å². The number of aryl methyl sites for hydroxylation is 1. The Labute approximate surface area is 137 Å². The van der Waals surface area contributed by atoms with Gasteiger partial charge in [-0.2, -0.15) is 0 Å². The zero-order chi connectivity index (χ0) is 16.8. The first-order valence-electron chi connectivity index (χ1n) is 7.88. The Hall–Kier alpha value is -2.43. The summed E-state index contributed by atoms with van der Waals surface area (Å²) in [7, 11) is 0. The smallest absolute Gasteiger partial charge is 0.315 e. The summed E-state index contributed by atoms with van der Waals surface area (Å²) in [6.07, 6.45) is 1.69. The lowest BCUT2D eigenvalue weighted by molar-refractivity contribution is 0.237. The highest BCUT2D eigenvalue weighted by Gasteiger charge is 2.10. The number of nitrogens with zero attached hydrogens (tertiary/aromatic N) is 2. The van der Waals surface area contributed by atoms with Crippen LogP contribution in [-0.2, 0) is 6.54 Å². The fourth-order valence-electron chi connectivity index (χ4n) is 2.28. The van der Waals surface area contributed by atoms with E-state index in [1.807, 2.05) is 13.8 Å². The van der Waals surface area contributed by atoms with Crippen molar-refractivity contribution >= 4 is 6.03 Å². The molecule has 2 aromatic rings. The number of carbonyl (C=O) groups is 1. The molecule has 0 bridgehead atoms. The van der Waals surface area contributed by atoms with Crippen molar-refractivity contribution in [2.45, 2.75) is 46.2 Å². The Balaban J connectivity index is 1.86. The topological polar surface area (TPSA) is 66.9 Å². The van der Waals surface area contributed by atoms with Gasteiger partial charge in [0.15, 0.2) is 0 Å². The van der Waals surface area contributed by atoms with Gasteiger partial charge < -0.3 is 10.6 Å². The molecule has 0 saturated carbocycles. The van der Waals surface area contributed by atoms with E-state index in [4.69, 9.17) is 0 Å². The van der Waals surface area contributed by atoms with E-state index in [0.29, 0.717) is 18.3 Å². The highest BCUT2D eigenvalue weighted by Crippen LogP contribution is 2.18. The standard InChI is InChI=1S/C18H24N4O/c1-12(2)15-5-7-16(8-6-15)13(3)21-18(23)20-11-17-9-10-19-14(4)22-17/h5-10,12-13H,11H2,1-4H3,(H2,20,21,23). The molecule has 23 heavy (non-hydrogen) atoms. The van der Waals surface area contributed by atoms with E-state index in [1.165, 1.54) is 5.56 Å². The molecule has 1 aromatic heterocycles. The summed E-state index contributed by atoms with van der Waals surface area (Å²) in [6, 6.07) is 9.88. The summed E-state index contributed by atoms with van der Waals surface area (Å²) in [6.45, 7) is 8.51. The van der Waals surface area contributed by atoms with Crippen LogP contribution in [0.25, 0.3) is 0 Å². The van der Waals surface area contributed by atoms with Crippen molar-refractivity contribution in [2.75, 3.05) is 0 Å². The van der Waals surface area contributed by atoms with Gasteiger partial charge in [-0.3, -0.25) is 0 Å². The second-order valence-electron chi connectivity index (χ2n) is 5.97. The van der Waals surface area contributed by atoms with Crippen LogP contribution < -0.4 is 10.6 Å². The van der Waals surface area contributed by atoms with Crippen molar-refractivity contribution in [3.63, 3.8) is 0 Å². The summed E-state index contributed by atoms with van der Waals surface area (Å²) < 4.78 is 0. The molecule has 1 heterocycles. The van der Waals surface area contributed by atoms with E-state index >= 15 is 0 Å². The first-order valence-corrected chi connectivity index (χ1v) is 7.88. The molecular weight excluding hydrogens is 288 g/mol. The van der Waals surface area contributed by atoms with Gasteiger partial charge in [0, 0.05) is 6.20 Å². The second-order valence-corrected chi connectivity index (χ2v) is 5.97. The minimum absolute atomic E-state index is 0.0525. The van der Waals surface area contributed by atoms with Crippen molar-refractivity contribution in [1.82, 2.24) is 20.6 Å².